The average molecular weight is 269 g/mol. The molecule has 1 atom stereocenters. The van der Waals surface area contributed by atoms with Gasteiger partial charge in [0.1, 0.15) is 0 Å². The first-order valence-electron chi connectivity index (χ1n) is 6.33. The lowest BCUT2D eigenvalue weighted by atomic mass is 10.2. The largest absolute Gasteiger partial charge is 0.389 e. The Kier molecular flexibility index (Phi) is 4.74. The van der Waals surface area contributed by atoms with Crippen molar-refractivity contribution < 1.29 is 14.6 Å². The molecule has 1 N–H and O–H groups in total. The van der Waals surface area contributed by atoms with E-state index < -0.39 is 6.10 Å². The van der Waals surface area contributed by atoms with Crippen molar-refractivity contribution in [3.8, 4) is 0 Å². The number of β-amino-alcohol motifs (C(OH)–C–C–N with tert-alkyl or cyclic N) is 1. The average Bonchev–Trinajstić information content (AvgIpc) is 2.70. The van der Waals surface area contributed by atoms with E-state index in [1.807, 2.05) is 11.4 Å². The summed E-state index contributed by atoms with van der Waals surface area (Å²) < 4.78 is 5.23. The Morgan fingerprint density at radius 3 is 3.28 bits per heavy atom. The maximum Gasteiger partial charge on any atom is 0.254 e. The molecule has 0 aliphatic carbocycles. The number of aryl methyl sites for hydroxylation is 1. The zero-order valence-corrected chi connectivity index (χ0v) is 11.4. The Labute approximate surface area is 111 Å². The molecule has 4 nitrogen and oxygen atoms in total. The maximum absolute atomic E-state index is 12.3. The molecule has 18 heavy (non-hydrogen) atoms. The Hall–Kier alpha value is -0.910. The van der Waals surface area contributed by atoms with E-state index in [4.69, 9.17) is 4.74 Å². The number of hydrogen-bond acceptors (Lipinski definition) is 4. The molecule has 0 radical (unpaired) electrons. The van der Waals surface area contributed by atoms with Gasteiger partial charge in [-0.2, -0.15) is 0 Å². The summed E-state index contributed by atoms with van der Waals surface area (Å²) in [7, 11) is 0. The second-order valence-electron chi connectivity index (χ2n) is 4.53. The van der Waals surface area contributed by atoms with E-state index in [0.29, 0.717) is 26.3 Å². The molecule has 0 bridgehead atoms. The number of hydrogen-bond donors (Lipinski definition) is 1. The van der Waals surface area contributed by atoms with Crippen molar-refractivity contribution in [1.82, 2.24) is 4.90 Å². The number of amides is 1. The molecule has 1 aliphatic rings. The third-order valence-electron chi connectivity index (χ3n) is 2.93. The molecule has 2 rings (SSSR count). The van der Waals surface area contributed by atoms with Gasteiger partial charge in [-0.3, -0.25) is 4.79 Å². The third-order valence-corrected chi connectivity index (χ3v) is 3.93. The van der Waals surface area contributed by atoms with E-state index in [1.165, 1.54) is 4.88 Å². The Balaban J connectivity index is 2.04. The smallest absolute Gasteiger partial charge is 0.254 e. The molecule has 1 amide bonds. The number of aliphatic hydroxyl groups excluding tert-OH is 1. The fraction of sp³-hybridized carbons (Fsp3) is 0.615. The van der Waals surface area contributed by atoms with E-state index in [9.17, 15) is 9.90 Å². The third kappa shape index (κ3) is 3.31. The second kappa shape index (κ2) is 6.31. The molecule has 1 fully saturated rings. The Bertz CT molecular complexity index is 405. The van der Waals surface area contributed by atoms with Gasteiger partial charge in [0.2, 0.25) is 0 Å². The summed E-state index contributed by atoms with van der Waals surface area (Å²) in [6, 6.07) is 1.97. The van der Waals surface area contributed by atoms with Crippen molar-refractivity contribution in [2.75, 3.05) is 26.3 Å². The van der Waals surface area contributed by atoms with Gasteiger partial charge < -0.3 is 14.7 Å². The monoisotopic (exact) mass is 269 g/mol. The highest BCUT2D eigenvalue weighted by molar-refractivity contribution is 7.10. The standard InChI is InChI=1S/C13H19NO3S/c1-2-3-12-6-10(9-18-12)13(16)14-4-5-17-8-11(15)7-14/h6,9,11,15H,2-5,7-8H2,1H3/t11-/m0/s1. The molecule has 1 aromatic rings. The zero-order chi connectivity index (χ0) is 13.0. The van der Waals surface area contributed by atoms with Gasteiger partial charge in [0.25, 0.3) is 5.91 Å². The van der Waals surface area contributed by atoms with Crippen LogP contribution in [0.4, 0.5) is 0 Å². The van der Waals surface area contributed by atoms with Gasteiger partial charge in [0.15, 0.2) is 0 Å². The lowest BCUT2D eigenvalue weighted by molar-refractivity contribution is 0.0534. The van der Waals surface area contributed by atoms with Crippen LogP contribution in [-0.2, 0) is 11.2 Å². The van der Waals surface area contributed by atoms with Gasteiger partial charge in [0, 0.05) is 23.3 Å². The number of thiophene rings is 1. The number of aliphatic hydroxyl groups is 1. The fourth-order valence-corrected chi connectivity index (χ4v) is 2.99. The number of carbonyl (C=O) groups excluding carboxylic acids is 1. The predicted molar refractivity (Wildman–Crippen MR) is 71.0 cm³/mol. The van der Waals surface area contributed by atoms with E-state index in [-0.39, 0.29) is 5.91 Å². The van der Waals surface area contributed by atoms with Crippen LogP contribution in [0.25, 0.3) is 0 Å². The molecule has 0 saturated carbocycles. The van der Waals surface area contributed by atoms with Crippen molar-refractivity contribution in [2.24, 2.45) is 0 Å². The van der Waals surface area contributed by atoms with Crippen molar-refractivity contribution in [3.63, 3.8) is 0 Å². The van der Waals surface area contributed by atoms with E-state index in [1.54, 1.807) is 16.2 Å². The van der Waals surface area contributed by atoms with Crippen LogP contribution in [0.15, 0.2) is 11.4 Å². The highest BCUT2D eigenvalue weighted by Crippen LogP contribution is 2.18. The summed E-state index contributed by atoms with van der Waals surface area (Å²) in [5.41, 5.74) is 0.734. The highest BCUT2D eigenvalue weighted by atomic mass is 32.1. The molecule has 1 aromatic heterocycles. The highest BCUT2D eigenvalue weighted by Gasteiger charge is 2.22. The van der Waals surface area contributed by atoms with Crippen LogP contribution < -0.4 is 0 Å². The molecule has 1 aliphatic heterocycles. The van der Waals surface area contributed by atoms with Gasteiger partial charge in [-0.05, 0) is 12.5 Å². The van der Waals surface area contributed by atoms with Crippen molar-refractivity contribution in [2.45, 2.75) is 25.9 Å². The summed E-state index contributed by atoms with van der Waals surface area (Å²) in [6.07, 6.45) is 1.53. The molecule has 100 valence electrons. The van der Waals surface area contributed by atoms with Crippen LogP contribution in [0.2, 0.25) is 0 Å². The summed E-state index contributed by atoms with van der Waals surface area (Å²) in [6.45, 7) is 3.85. The molecule has 5 heteroatoms. The molecule has 1 saturated heterocycles. The van der Waals surface area contributed by atoms with Crippen LogP contribution in [0.5, 0.6) is 0 Å². The van der Waals surface area contributed by atoms with Crippen LogP contribution in [0, 0.1) is 0 Å². The second-order valence-corrected chi connectivity index (χ2v) is 5.53. The lowest BCUT2D eigenvalue weighted by Gasteiger charge is -2.20. The van der Waals surface area contributed by atoms with Gasteiger partial charge >= 0.3 is 0 Å². The summed E-state index contributed by atoms with van der Waals surface area (Å²) in [4.78, 5) is 15.2. The van der Waals surface area contributed by atoms with Crippen LogP contribution in [0.3, 0.4) is 0 Å². The molecule has 0 unspecified atom stereocenters. The van der Waals surface area contributed by atoms with Gasteiger partial charge in [0.05, 0.1) is 24.9 Å². The Morgan fingerprint density at radius 1 is 1.67 bits per heavy atom. The molecule has 0 spiro atoms. The maximum atomic E-state index is 12.3. The molecular weight excluding hydrogens is 250 g/mol. The topological polar surface area (TPSA) is 49.8 Å². The first-order chi connectivity index (χ1) is 8.70. The van der Waals surface area contributed by atoms with Crippen molar-refractivity contribution in [1.29, 1.82) is 0 Å². The predicted octanol–water partition coefficient (Wildman–Crippen LogP) is 1.53. The van der Waals surface area contributed by atoms with Gasteiger partial charge in [-0.25, -0.2) is 0 Å². The number of nitrogens with zero attached hydrogens (tertiary/aromatic N) is 1. The van der Waals surface area contributed by atoms with Gasteiger partial charge in [-0.1, -0.05) is 13.3 Å². The fourth-order valence-electron chi connectivity index (χ4n) is 2.03. The zero-order valence-electron chi connectivity index (χ0n) is 10.6. The normalized spacial score (nSPS) is 20.8. The summed E-state index contributed by atoms with van der Waals surface area (Å²) >= 11 is 1.63. The van der Waals surface area contributed by atoms with Crippen molar-refractivity contribution in [3.05, 3.63) is 21.9 Å². The molecular formula is C13H19NO3S. The molecule has 2 heterocycles. The van der Waals surface area contributed by atoms with Gasteiger partial charge in [-0.15, -0.1) is 11.3 Å². The number of ether oxygens (including phenoxy) is 1. The van der Waals surface area contributed by atoms with Crippen LogP contribution >= 0.6 is 11.3 Å². The SMILES string of the molecule is CCCc1cc(C(=O)N2CCOC[C@@H](O)C2)cs1. The quantitative estimate of drug-likeness (QED) is 0.905. The van der Waals surface area contributed by atoms with Crippen LogP contribution in [-0.4, -0.2) is 48.3 Å². The minimum absolute atomic E-state index is 0.00171. The van der Waals surface area contributed by atoms with E-state index in [0.717, 1.165) is 18.4 Å². The van der Waals surface area contributed by atoms with Crippen LogP contribution in [0.1, 0.15) is 28.6 Å². The first-order valence-corrected chi connectivity index (χ1v) is 7.21. The number of rotatable bonds is 3. The van der Waals surface area contributed by atoms with Crippen molar-refractivity contribution >= 4 is 17.2 Å². The first kappa shape index (κ1) is 13.5. The molecule has 0 aromatic carbocycles. The van der Waals surface area contributed by atoms with E-state index in [2.05, 4.69) is 6.92 Å². The Morgan fingerprint density at radius 2 is 2.50 bits per heavy atom. The minimum Gasteiger partial charge on any atom is -0.389 e. The number of carbonyl (C=O) groups is 1. The lowest BCUT2D eigenvalue weighted by Crippen LogP contribution is -2.37. The summed E-state index contributed by atoms with van der Waals surface area (Å²) in [5, 5.41) is 11.5. The van der Waals surface area contributed by atoms with E-state index >= 15 is 0 Å². The summed E-state index contributed by atoms with van der Waals surface area (Å²) in [5.74, 6) is -0.00171. The minimum atomic E-state index is -0.579.